The van der Waals surface area contributed by atoms with Gasteiger partial charge in [0.05, 0.1) is 16.7 Å². The molecule has 0 atom stereocenters. The molecule has 1 aliphatic rings. The van der Waals surface area contributed by atoms with Gasteiger partial charge in [0.25, 0.3) is 0 Å². The number of benzene rings is 8. The molecule has 0 aliphatic heterocycles. The molecule has 0 saturated carbocycles. The number of hydrogen-bond acceptors (Lipinski definition) is 0. The Morgan fingerprint density at radius 3 is 1.16 bits per heavy atom. The summed E-state index contributed by atoms with van der Waals surface area (Å²) in [4.78, 5) is 0. The zero-order valence-electron chi connectivity index (χ0n) is 26.5. The number of para-hydroxylation sites is 2. The third-order valence-corrected chi connectivity index (χ3v) is 11.3. The van der Waals surface area contributed by atoms with Crippen molar-refractivity contribution in [2.45, 2.75) is 6.42 Å². The van der Waals surface area contributed by atoms with Gasteiger partial charge in [-0.1, -0.05) is 181 Å². The van der Waals surface area contributed by atoms with Crippen molar-refractivity contribution in [3.05, 3.63) is 194 Å². The molecular formula is C45H30Br3N. The highest BCUT2D eigenvalue weighted by Gasteiger charge is 2.16. The van der Waals surface area contributed by atoms with Crippen LogP contribution in [0.2, 0.25) is 0 Å². The van der Waals surface area contributed by atoms with Crippen LogP contribution in [0.15, 0.2) is 183 Å². The van der Waals surface area contributed by atoms with Crippen molar-refractivity contribution in [1.29, 1.82) is 0 Å². The van der Waals surface area contributed by atoms with Gasteiger partial charge in [-0.05, 0) is 81.2 Å². The van der Waals surface area contributed by atoms with Gasteiger partial charge in [-0.25, -0.2) is 0 Å². The lowest BCUT2D eigenvalue weighted by Crippen LogP contribution is -1.95. The lowest BCUT2D eigenvalue weighted by atomic mass is 10.1. The van der Waals surface area contributed by atoms with E-state index in [1.54, 1.807) is 0 Å². The van der Waals surface area contributed by atoms with Gasteiger partial charge in [0, 0.05) is 29.6 Å². The van der Waals surface area contributed by atoms with Gasteiger partial charge in [-0.15, -0.1) is 0 Å². The predicted octanol–water partition coefficient (Wildman–Crippen LogP) is 14.3. The third-order valence-electron chi connectivity index (χ3n) is 9.19. The van der Waals surface area contributed by atoms with Crippen LogP contribution < -0.4 is 0 Å². The quantitative estimate of drug-likeness (QED) is 0.155. The molecule has 1 aromatic heterocycles. The Morgan fingerprint density at radius 1 is 0.327 bits per heavy atom. The van der Waals surface area contributed by atoms with E-state index in [-0.39, 0.29) is 0 Å². The Hall–Kier alpha value is -4.48. The first-order valence-corrected chi connectivity index (χ1v) is 18.6. The minimum atomic E-state index is 1.10. The summed E-state index contributed by atoms with van der Waals surface area (Å²) in [6, 6.07) is 59.8. The maximum Gasteiger partial charge on any atom is 0.0541 e. The van der Waals surface area contributed by atoms with Crippen molar-refractivity contribution >= 4 is 91.1 Å². The Kier molecular flexibility index (Phi) is 8.94. The standard InChI is InChI=1S/C22H14BrN.C13H10.C10H6Br2/c23-19-13-14-22(16-8-2-1-7-15(16)19)24-20-11-5-3-9-17(20)18-10-4-6-12-21(18)24;1-3-7-12-10(5-1)9-11-6-2-4-8-13(11)12;11-9-5-6-10(12)8-4-2-1-3-7(8)9/h1-14H;1-8H,9H2;1-6H. The lowest BCUT2D eigenvalue weighted by molar-refractivity contribution is 1.20. The minimum Gasteiger partial charge on any atom is -0.309 e. The second-order valence-corrected chi connectivity index (χ2v) is 14.6. The molecule has 0 saturated heterocycles. The topological polar surface area (TPSA) is 4.93 Å². The highest BCUT2D eigenvalue weighted by atomic mass is 79.9. The summed E-state index contributed by atoms with van der Waals surface area (Å²) in [5, 5.41) is 7.55. The minimum absolute atomic E-state index is 1.10. The maximum atomic E-state index is 3.68. The molecule has 0 N–H and O–H groups in total. The average molecular weight is 824 g/mol. The summed E-state index contributed by atoms with van der Waals surface area (Å²) < 4.78 is 5.78. The number of nitrogens with zero attached hydrogens (tertiary/aromatic N) is 1. The van der Waals surface area contributed by atoms with Crippen LogP contribution in [-0.2, 0) is 6.42 Å². The molecule has 1 nitrogen and oxygen atoms in total. The van der Waals surface area contributed by atoms with E-state index in [0.717, 1.165) is 19.8 Å². The molecule has 0 spiro atoms. The summed E-state index contributed by atoms with van der Waals surface area (Å²) in [7, 11) is 0. The zero-order valence-corrected chi connectivity index (χ0v) is 31.2. The molecule has 9 aromatic rings. The predicted molar refractivity (Wildman–Crippen MR) is 220 cm³/mol. The molecule has 8 aromatic carbocycles. The molecule has 0 fully saturated rings. The fourth-order valence-corrected chi connectivity index (χ4v) is 8.36. The first-order chi connectivity index (χ1) is 24.1. The largest absolute Gasteiger partial charge is 0.309 e. The fraction of sp³-hybridized carbons (Fsp3) is 0.0222. The monoisotopic (exact) mass is 821 g/mol. The molecule has 0 bridgehead atoms. The summed E-state index contributed by atoms with van der Waals surface area (Å²) in [5.74, 6) is 0. The summed E-state index contributed by atoms with van der Waals surface area (Å²) in [5.41, 5.74) is 9.45. The number of rotatable bonds is 1. The van der Waals surface area contributed by atoms with Gasteiger partial charge in [0.15, 0.2) is 0 Å². The smallest absolute Gasteiger partial charge is 0.0541 e. The van der Waals surface area contributed by atoms with Gasteiger partial charge in [-0.2, -0.15) is 0 Å². The summed E-state index contributed by atoms with van der Waals surface area (Å²) in [6.45, 7) is 0. The van der Waals surface area contributed by atoms with Crippen molar-refractivity contribution in [1.82, 2.24) is 4.57 Å². The molecule has 0 amide bonds. The number of hydrogen-bond donors (Lipinski definition) is 0. The molecule has 1 heterocycles. The van der Waals surface area contributed by atoms with Crippen LogP contribution >= 0.6 is 47.8 Å². The number of fused-ring (bicyclic) bond motifs is 8. The van der Waals surface area contributed by atoms with Crippen molar-refractivity contribution in [3.63, 3.8) is 0 Å². The molecule has 1 aliphatic carbocycles. The van der Waals surface area contributed by atoms with Crippen LogP contribution in [0.3, 0.4) is 0 Å². The Balaban J connectivity index is 0.000000117. The highest BCUT2D eigenvalue weighted by Crippen LogP contribution is 2.37. The summed E-state index contributed by atoms with van der Waals surface area (Å²) in [6.07, 6.45) is 1.10. The Labute approximate surface area is 311 Å². The first kappa shape index (κ1) is 31.8. The highest BCUT2D eigenvalue weighted by molar-refractivity contribution is 9.11. The maximum absolute atomic E-state index is 3.68. The van der Waals surface area contributed by atoms with E-state index < -0.39 is 0 Å². The fourth-order valence-electron chi connectivity index (χ4n) is 6.93. The normalized spacial score (nSPS) is 11.5. The van der Waals surface area contributed by atoms with Crippen LogP contribution in [0.4, 0.5) is 0 Å². The molecule has 0 unspecified atom stereocenters. The van der Waals surface area contributed by atoms with E-state index in [1.165, 1.54) is 71.3 Å². The van der Waals surface area contributed by atoms with E-state index in [1.807, 2.05) is 24.3 Å². The summed E-state index contributed by atoms with van der Waals surface area (Å²) >= 11 is 10.7. The van der Waals surface area contributed by atoms with Gasteiger partial charge in [0.2, 0.25) is 0 Å². The SMILES string of the molecule is Brc1ccc(-n2c3ccccc3c3ccccc32)c2ccccc12.Brc1ccc(Br)c2ccccc12.c1ccc2c(c1)Cc1ccccc1-2. The molecule has 49 heavy (non-hydrogen) atoms. The second kappa shape index (κ2) is 13.8. The van der Waals surface area contributed by atoms with Gasteiger partial charge in [0.1, 0.15) is 0 Å². The van der Waals surface area contributed by atoms with Gasteiger partial charge < -0.3 is 4.57 Å². The molecule has 0 radical (unpaired) electrons. The van der Waals surface area contributed by atoms with Crippen molar-refractivity contribution in [2.75, 3.05) is 0 Å². The van der Waals surface area contributed by atoms with E-state index in [2.05, 4.69) is 198 Å². The van der Waals surface area contributed by atoms with Crippen molar-refractivity contribution in [3.8, 4) is 16.8 Å². The van der Waals surface area contributed by atoms with Crippen LogP contribution in [0.1, 0.15) is 11.1 Å². The molecule has 236 valence electrons. The van der Waals surface area contributed by atoms with E-state index >= 15 is 0 Å². The van der Waals surface area contributed by atoms with E-state index in [4.69, 9.17) is 0 Å². The first-order valence-electron chi connectivity index (χ1n) is 16.2. The second-order valence-electron chi connectivity index (χ2n) is 12.0. The Morgan fingerprint density at radius 2 is 0.673 bits per heavy atom. The number of aromatic nitrogens is 1. The molecule has 4 heteroatoms. The van der Waals surface area contributed by atoms with E-state index in [0.29, 0.717) is 0 Å². The van der Waals surface area contributed by atoms with Crippen LogP contribution in [0.5, 0.6) is 0 Å². The van der Waals surface area contributed by atoms with Gasteiger partial charge in [-0.3, -0.25) is 0 Å². The zero-order chi connectivity index (χ0) is 33.3. The lowest BCUT2D eigenvalue weighted by Gasteiger charge is -2.12. The molecular weight excluding hydrogens is 794 g/mol. The number of halogens is 3. The van der Waals surface area contributed by atoms with Crippen molar-refractivity contribution in [2.24, 2.45) is 0 Å². The van der Waals surface area contributed by atoms with Crippen LogP contribution in [0.25, 0.3) is 60.2 Å². The molecule has 10 rings (SSSR count). The van der Waals surface area contributed by atoms with E-state index in [9.17, 15) is 0 Å². The van der Waals surface area contributed by atoms with Crippen LogP contribution in [-0.4, -0.2) is 4.57 Å². The van der Waals surface area contributed by atoms with Crippen molar-refractivity contribution < 1.29 is 0 Å². The third kappa shape index (κ3) is 6.03. The van der Waals surface area contributed by atoms with Crippen LogP contribution in [0, 0.1) is 0 Å². The van der Waals surface area contributed by atoms with Gasteiger partial charge >= 0.3 is 0 Å². The average Bonchev–Trinajstić information content (AvgIpc) is 3.70. The Bertz CT molecular complexity index is 2500.